The highest BCUT2D eigenvalue weighted by Gasteiger charge is 2.83. The fraction of sp³-hybridized carbons (Fsp3) is 0.571. The molecule has 7 aliphatic rings. The molecule has 3 nitrogen and oxygen atoms in total. The van der Waals surface area contributed by atoms with Crippen LogP contribution in [0.5, 0.6) is 0 Å². The van der Waals surface area contributed by atoms with Crippen LogP contribution in [0, 0.1) is 25.7 Å². The lowest BCUT2D eigenvalue weighted by atomic mass is 9.60. The second-order valence-electron chi connectivity index (χ2n) is 22.5. The number of allylic oxidation sites excluding steroid dienone is 2. The first kappa shape index (κ1) is 38.2. The molecule has 2 unspecified atom stereocenters. The van der Waals surface area contributed by atoms with E-state index in [1.54, 1.807) is 33.7 Å². The number of fused-ring (bicyclic) bond motifs is 9. The van der Waals surface area contributed by atoms with E-state index in [2.05, 4.69) is 139 Å². The van der Waals surface area contributed by atoms with E-state index in [0.717, 1.165) is 19.3 Å². The van der Waals surface area contributed by atoms with Gasteiger partial charge in [-0.25, -0.2) is 0 Å². The number of hydrogen-bond donors (Lipinski definition) is 0. The van der Waals surface area contributed by atoms with Gasteiger partial charge in [-0.05, 0) is 159 Å². The predicted molar refractivity (Wildman–Crippen MR) is 246 cm³/mol. The van der Waals surface area contributed by atoms with Gasteiger partial charge in [0.2, 0.25) is 11.2 Å². The SMILES string of the molecule is Cc1cc2cc3c1c(C)cc1[n+]3C3(N(C4CCCCC4)C(C(C)C)=[N+]3C3CCCCC3)C(C)(CC2)c2ccc3c(c2-1)C(C)(C)C1=C3C(C)(C)c2ccc(CC(C)C)cc21. The van der Waals surface area contributed by atoms with E-state index >= 15 is 0 Å². The molecule has 0 radical (unpaired) electrons. The maximum Gasteiger partial charge on any atom is 0.460 e. The summed E-state index contributed by atoms with van der Waals surface area (Å²) in [5, 5.41) is 1.48. The van der Waals surface area contributed by atoms with Crippen molar-refractivity contribution in [3.8, 4) is 11.3 Å². The van der Waals surface area contributed by atoms with E-state index in [1.807, 2.05) is 0 Å². The van der Waals surface area contributed by atoms with Crippen LogP contribution in [0.1, 0.15) is 183 Å². The van der Waals surface area contributed by atoms with Crippen molar-refractivity contribution in [2.45, 2.75) is 194 Å². The zero-order valence-electron chi connectivity index (χ0n) is 38.5. The molecule has 308 valence electrons. The van der Waals surface area contributed by atoms with Gasteiger partial charge in [0.25, 0.3) is 5.84 Å². The average molecular weight is 786 g/mol. The van der Waals surface area contributed by atoms with E-state index < -0.39 is 0 Å². The molecule has 59 heavy (non-hydrogen) atoms. The standard InChI is InChI=1S/C56H71N3/c1-33(2)28-37-22-24-43-42(31-37)51-50(53(43,7)8)41-23-25-44-48(49(41)54(51,9)10)45-30-36(6)47-35(5)29-38-26-27-55(44,11)56(59(45)46(47)32-38)57(39-18-14-12-15-19-39)52(34(3)4)58(56)40-20-16-13-17-21-40/h22-25,29-34,39-40H,12-21,26-28H2,1-11H3/q+2. The van der Waals surface area contributed by atoms with E-state index in [4.69, 9.17) is 0 Å². The molecule has 3 heteroatoms. The number of rotatable bonds is 5. The summed E-state index contributed by atoms with van der Waals surface area (Å²) in [5.41, 5.74) is 21.0. The second-order valence-corrected chi connectivity index (χ2v) is 22.5. The molecule has 0 N–H and O–H groups in total. The summed E-state index contributed by atoms with van der Waals surface area (Å²) in [4.78, 5) is 3.15. The molecule has 3 aromatic carbocycles. The van der Waals surface area contributed by atoms with Crippen molar-refractivity contribution >= 4 is 27.9 Å². The number of benzene rings is 3. The maximum atomic E-state index is 3.15. The Morgan fingerprint density at radius 3 is 2.07 bits per heavy atom. The first-order valence-corrected chi connectivity index (χ1v) is 24.2. The molecule has 1 aromatic heterocycles. The Morgan fingerprint density at radius 1 is 0.712 bits per heavy atom. The van der Waals surface area contributed by atoms with Crippen LogP contribution >= 0.6 is 0 Å². The highest BCUT2D eigenvalue weighted by Crippen LogP contribution is 2.67. The molecular weight excluding hydrogens is 715 g/mol. The topological polar surface area (TPSA) is 10.1 Å². The quantitative estimate of drug-likeness (QED) is 0.183. The number of pyridine rings is 1. The summed E-state index contributed by atoms with van der Waals surface area (Å²) in [6, 6.07) is 21.9. The Hall–Kier alpha value is -3.72. The number of aromatic nitrogens is 1. The molecule has 0 saturated heterocycles. The molecule has 4 bridgehead atoms. The lowest BCUT2D eigenvalue weighted by Crippen LogP contribution is -2.91. The first-order chi connectivity index (χ1) is 28.1. The van der Waals surface area contributed by atoms with Crippen LogP contribution in [0.25, 0.3) is 33.3 Å². The molecule has 3 aliphatic heterocycles. The van der Waals surface area contributed by atoms with Gasteiger partial charge in [0.1, 0.15) is 17.5 Å². The second kappa shape index (κ2) is 12.7. The van der Waals surface area contributed by atoms with Crippen LogP contribution in [0.2, 0.25) is 0 Å². The van der Waals surface area contributed by atoms with Crippen LogP contribution in [0.15, 0.2) is 48.5 Å². The largest absolute Gasteiger partial charge is 0.460 e. The Bertz CT molecular complexity index is 2550. The molecule has 4 aromatic rings. The summed E-state index contributed by atoms with van der Waals surface area (Å²) < 4.78 is 6.20. The maximum absolute atomic E-state index is 3.15. The van der Waals surface area contributed by atoms with Crippen molar-refractivity contribution in [2.24, 2.45) is 11.8 Å². The lowest BCUT2D eigenvalue weighted by molar-refractivity contribution is -0.986. The first-order valence-electron chi connectivity index (χ1n) is 24.2. The molecule has 0 amide bonds. The van der Waals surface area contributed by atoms with Crippen LogP contribution in [0.4, 0.5) is 0 Å². The molecule has 4 heterocycles. The summed E-state index contributed by atoms with van der Waals surface area (Å²) >= 11 is 0. The van der Waals surface area contributed by atoms with Crippen LogP contribution in [-0.4, -0.2) is 27.4 Å². The minimum absolute atomic E-state index is 0.0611. The Labute approximate surface area is 356 Å². The number of nitrogens with zero attached hydrogens (tertiary/aromatic N) is 3. The van der Waals surface area contributed by atoms with Crippen LogP contribution in [-0.2, 0) is 34.9 Å². The third-order valence-corrected chi connectivity index (χ3v) is 17.3. The van der Waals surface area contributed by atoms with Crippen molar-refractivity contribution in [3.05, 3.63) is 98.6 Å². The van der Waals surface area contributed by atoms with E-state index in [0.29, 0.717) is 23.9 Å². The number of amidine groups is 1. The van der Waals surface area contributed by atoms with Gasteiger partial charge in [0, 0.05) is 23.0 Å². The lowest BCUT2D eigenvalue weighted by Gasteiger charge is -2.59. The fourth-order valence-corrected chi connectivity index (χ4v) is 15.1. The Morgan fingerprint density at radius 2 is 1.37 bits per heavy atom. The zero-order chi connectivity index (χ0) is 41.1. The fourth-order valence-electron chi connectivity index (χ4n) is 15.1. The van der Waals surface area contributed by atoms with Gasteiger partial charge in [-0.15, -0.1) is 4.57 Å². The van der Waals surface area contributed by atoms with Crippen molar-refractivity contribution < 1.29 is 9.14 Å². The van der Waals surface area contributed by atoms with E-state index in [-0.39, 0.29) is 22.0 Å². The van der Waals surface area contributed by atoms with Crippen molar-refractivity contribution in [3.63, 3.8) is 0 Å². The molecular formula is C56H71N3+2. The van der Waals surface area contributed by atoms with Gasteiger partial charge >= 0.3 is 5.79 Å². The van der Waals surface area contributed by atoms with E-state index in [9.17, 15) is 0 Å². The molecule has 2 fully saturated rings. The Kier molecular flexibility index (Phi) is 8.21. The van der Waals surface area contributed by atoms with Crippen LogP contribution in [0.3, 0.4) is 0 Å². The van der Waals surface area contributed by atoms with Gasteiger partial charge < -0.3 is 0 Å². The van der Waals surface area contributed by atoms with Gasteiger partial charge in [-0.1, -0.05) is 105 Å². The smallest absolute Gasteiger partial charge is 0.159 e. The minimum atomic E-state index is -0.304. The summed E-state index contributed by atoms with van der Waals surface area (Å²) in [6.45, 7) is 27.6. The zero-order valence-corrected chi connectivity index (χ0v) is 38.5. The molecule has 1 spiro atoms. The van der Waals surface area contributed by atoms with Gasteiger partial charge in [-0.3, -0.25) is 0 Å². The highest BCUT2D eigenvalue weighted by atomic mass is 15.6. The summed E-state index contributed by atoms with van der Waals surface area (Å²) in [5.74, 6) is 2.46. The van der Waals surface area contributed by atoms with Gasteiger partial charge in [0.15, 0.2) is 0 Å². The molecule has 2 saturated carbocycles. The highest BCUT2D eigenvalue weighted by molar-refractivity contribution is 6.11. The van der Waals surface area contributed by atoms with Crippen LogP contribution < -0.4 is 4.57 Å². The monoisotopic (exact) mass is 786 g/mol. The molecule has 11 rings (SSSR count). The summed E-state index contributed by atoms with van der Waals surface area (Å²) in [7, 11) is 0. The molecule has 2 atom stereocenters. The van der Waals surface area contributed by atoms with Crippen molar-refractivity contribution in [1.29, 1.82) is 0 Å². The molecule has 4 aliphatic carbocycles. The third kappa shape index (κ3) is 4.72. The summed E-state index contributed by atoms with van der Waals surface area (Å²) in [6.07, 6.45) is 16.8. The third-order valence-electron chi connectivity index (χ3n) is 17.3. The van der Waals surface area contributed by atoms with E-state index in [1.165, 1.54) is 120 Å². The normalized spacial score (nSPS) is 26.6. The average Bonchev–Trinajstić information content (AvgIpc) is 3.58. The Balaban J connectivity index is 1.26. The number of hydrogen-bond acceptors (Lipinski definition) is 1. The predicted octanol–water partition coefficient (Wildman–Crippen LogP) is 13.0. The van der Waals surface area contributed by atoms with Gasteiger partial charge in [0.05, 0.1) is 16.9 Å². The van der Waals surface area contributed by atoms with Gasteiger partial charge in [-0.2, -0.15) is 9.48 Å². The number of aryl methyl sites for hydroxylation is 3. The van der Waals surface area contributed by atoms with Crippen molar-refractivity contribution in [1.82, 2.24) is 4.90 Å². The minimum Gasteiger partial charge on any atom is -0.159 e. The van der Waals surface area contributed by atoms with Crippen molar-refractivity contribution in [2.75, 3.05) is 0 Å².